The average molecular weight is 534 g/mol. The first-order chi connectivity index (χ1) is 18.6. The van der Waals surface area contributed by atoms with Crippen LogP contribution in [0.15, 0.2) is 66.2 Å². The first kappa shape index (κ1) is 27.7. The van der Waals surface area contributed by atoms with E-state index in [2.05, 4.69) is 0 Å². The van der Waals surface area contributed by atoms with E-state index >= 15 is 0 Å². The minimum absolute atomic E-state index is 0.0302. The van der Waals surface area contributed by atoms with Gasteiger partial charge in [-0.25, -0.2) is 4.39 Å². The molecule has 1 amide bonds. The summed E-state index contributed by atoms with van der Waals surface area (Å²) in [6, 6.07) is 15.0. The van der Waals surface area contributed by atoms with Crippen molar-refractivity contribution >= 4 is 17.4 Å². The number of aliphatic hydroxyl groups excluding tert-OH is 1. The number of ether oxygens (including phenoxy) is 3. The van der Waals surface area contributed by atoms with Gasteiger partial charge in [-0.3, -0.25) is 9.59 Å². The molecular weight excluding hydrogens is 501 g/mol. The number of amides is 1. The van der Waals surface area contributed by atoms with Crippen molar-refractivity contribution in [2.75, 3.05) is 13.7 Å². The van der Waals surface area contributed by atoms with Gasteiger partial charge in [-0.15, -0.1) is 0 Å². The topological polar surface area (TPSA) is 85.3 Å². The second-order valence-corrected chi connectivity index (χ2v) is 9.54. The molecular formula is C31H32FNO6. The van der Waals surface area contributed by atoms with E-state index in [1.54, 1.807) is 48.5 Å². The Morgan fingerprint density at radius 3 is 2.31 bits per heavy atom. The summed E-state index contributed by atoms with van der Waals surface area (Å²) in [6.45, 7) is 7.92. The van der Waals surface area contributed by atoms with Crippen LogP contribution in [0.1, 0.15) is 49.1 Å². The van der Waals surface area contributed by atoms with Crippen LogP contribution >= 0.6 is 0 Å². The molecule has 1 saturated heterocycles. The van der Waals surface area contributed by atoms with Gasteiger partial charge in [0.05, 0.1) is 31.4 Å². The molecule has 39 heavy (non-hydrogen) atoms. The van der Waals surface area contributed by atoms with Gasteiger partial charge in [-0.2, -0.15) is 0 Å². The highest BCUT2D eigenvalue weighted by molar-refractivity contribution is 6.46. The predicted molar refractivity (Wildman–Crippen MR) is 145 cm³/mol. The lowest BCUT2D eigenvalue weighted by molar-refractivity contribution is -0.140. The first-order valence-electron chi connectivity index (χ1n) is 12.8. The van der Waals surface area contributed by atoms with Gasteiger partial charge in [-0.05, 0) is 86.8 Å². The Kier molecular flexibility index (Phi) is 8.24. The number of nitrogens with zero attached hydrogens (tertiary/aromatic N) is 1. The number of aryl methyl sites for hydroxylation is 1. The smallest absolute Gasteiger partial charge is 0.295 e. The third-order valence-corrected chi connectivity index (χ3v) is 6.42. The van der Waals surface area contributed by atoms with Crippen molar-refractivity contribution in [1.29, 1.82) is 0 Å². The van der Waals surface area contributed by atoms with Crippen LogP contribution in [0.5, 0.6) is 17.2 Å². The summed E-state index contributed by atoms with van der Waals surface area (Å²) in [5.74, 6) is -0.693. The zero-order valence-corrected chi connectivity index (χ0v) is 22.7. The molecule has 204 valence electrons. The van der Waals surface area contributed by atoms with Crippen LogP contribution in [0, 0.1) is 12.7 Å². The van der Waals surface area contributed by atoms with Crippen molar-refractivity contribution in [3.63, 3.8) is 0 Å². The number of carbonyl (C=O) groups excluding carboxylic acids is 2. The molecule has 0 saturated carbocycles. The first-order valence-corrected chi connectivity index (χ1v) is 12.8. The number of ketones is 1. The normalized spacial score (nSPS) is 16.6. The summed E-state index contributed by atoms with van der Waals surface area (Å²) in [7, 11) is 1.52. The highest BCUT2D eigenvalue weighted by atomic mass is 19.1. The van der Waals surface area contributed by atoms with Crippen molar-refractivity contribution in [3.8, 4) is 17.2 Å². The van der Waals surface area contributed by atoms with E-state index in [9.17, 15) is 19.1 Å². The van der Waals surface area contributed by atoms with Crippen LogP contribution in [-0.2, 0) is 16.1 Å². The number of carbonyl (C=O) groups is 2. The Labute approximate surface area is 227 Å². The van der Waals surface area contributed by atoms with Crippen LogP contribution in [-0.4, -0.2) is 41.5 Å². The van der Waals surface area contributed by atoms with E-state index in [1.165, 1.54) is 24.1 Å². The number of hydrogen-bond acceptors (Lipinski definition) is 6. The number of halogens is 1. The SMILES string of the molecule is CCOc1cc(C2/C(=C(/O)c3ccc(OC(C)C)c(C)c3)C(=O)C(=O)N2Cc2ccc(F)cc2)ccc1OC. The number of methoxy groups -OCH3 is 1. The Morgan fingerprint density at radius 1 is 1.00 bits per heavy atom. The minimum atomic E-state index is -0.924. The zero-order valence-electron chi connectivity index (χ0n) is 22.7. The lowest BCUT2D eigenvalue weighted by Gasteiger charge is -2.26. The Morgan fingerprint density at radius 2 is 1.69 bits per heavy atom. The fraction of sp³-hybridized carbons (Fsp3) is 0.290. The van der Waals surface area contributed by atoms with E-state index in [0.717, 1.165) is 5.56 Å². The Bertz CT molecular complexity index is 1410. The Hall–Kier alpha value is -4.33. The van der Waals surface area contributed by atoms with Crippen LogP contribution in [0.4, 0.5) is 4.39 Å². The zero-order chi connectivity index (χ0) is 28.3. The molecule has 3 aromatic rings. The second kappa shape index (κ2) is 11.6. The standard InChI is InChI=1S/C31H32FNO6/c1-6-38-26-16-21(9-14-25(26)37-5)28-27(29(34)22-10-13-24(19(4)15-22)39-18(2)3)30(35)31(36)33(28)17-20-7-11-23(32)12-8-20/h7-16,18,28,34H,6,17H2,1-5H3/b29-27-. The fourth-order valence-corrected chi connectivity index (χ4v) is 4.65. The van der Waals surface area contributed by atoms with E-state index < -0.39 is 23.5 Å². The molecule has 1 aliphatic rings. The molecule has 0 radical (unpaired) electrons. The van der Waals surface area contributed by atoms with Crippen molar-refractivity contribution in [3.05, 3.63) is 94.3 Å². The number of rotatable bonds is 9. The molecule has 1 N–H and O–H groups in total. The molecule has 7 nitrogen and oxygen atoms in total. The van der Waals surface area contributed by atoms with Crippen molar-refractivity contribution in [1.82, 2.24) is 4.90 Å². The third-order valence-electron chi connectivity index (χ3n) is 6.42. The van der Waals surface area contributed by atoms with E-state index in [1.807, 2.05) is 27.7 Å². The molecule has 1 heterocycles. The van der Waals surface area contributed by atoms with Crippen molar-refractivity contribution in [2.24, 2.45) is 0 Å². The predicted octanol–water partition coefficient (Wildman–Crippen LogP) is 5.95. The van der Waals surface area contributed by atoms with Crippen LogP contribution in [0.2, 0.25) is 0 Å². The van der Waals surface area contributed by atoms with Crippen LogP contribution in [0.25, 0.3) is 5.76 Å². The lowest BCUT2D eigenvalue weighted by Crippen LogP contribution is -2.29. The van der Waals surface area contributed by atoms with E-state index in [4.69, 9.17) is 14.2 Å². The van der Waals surface area contributed by atoms with Gasteiger partial charge in [0.2, 0.25) is 0 Å². The monoisotopic (exact) mass is 533 g/mol. The molecule has 0 bridgehead atoms. The number of hydrogen-bond donors (Lipinski definition) is 1. The highest BCUT2D eigenvalue weighted by Crippen LogP contribution is 2.43. The highest BCUT2D eigenvalue weighted by Gasteiger charge is 2.46. The molecule has 0 spiro atoms. The summed E-state index contributed by atoms with van der Waals surface area (Å²) < 4.78 is 30.5. The summed E-state index contributed by atoms with van der Waals surface area (Å²) in [5.41, 5.74) is 2.29. The van der Waals surface area contributed by atoms with Crippen LogP contribution < -0.4 is 14.2 Å². The molecule has 8 heteroatoms. The van der Waals surface area contributed by atoms with Gasteiger partial charge < -0.3 is 24.2 Å². The molecule has 1 fully saturated rings. The Balaban J connectivity index is 1.87. The summed E-state index contributed by atoms with van der Waals surface area (Å²) >= 11 is 0. The molecule has 1 unspecified atom stereocenters. The van der Waals surface area contributed by atoms with Crippen LogP contribution in [0.3, 0.4) is 0 Å². The van der Waals surface area contributed by atoms with Gasteiger partial charge >= 0.3 is 0 Å². The van der Waals surface area contributed by atoms with Gasteiger partial charge in [0, 0.05) is 12.1 Å². The molecule has 4 rings (SSSR count). The maximum absolute atomic E-state index is 13.5. The molecule has 1 atom stereocenters. The number of likely N-dealkylation sites (tertiary alicyclic amines) is 1. The minimum Gasteiger partial charge on any atom is -0.507 e. The van der Waals surface area contributed by atoms with Crippen molar-refractivity contribution in [2.45, 2.75) is 46.4 Å². The summed E-state index contributed by atoms with van der Waals surface area (Å²) in [4.78, 5) is 28.2. The quantitative estimate of drug-likeness (QED) is 0.208. The maximum atomic E-state index is 13.5. The van der Waals surface area contributed by atoms with Gasteiger partial charge in [0.1, 0.15) is 17.3 Å². The van der Waals surface area contributed by atoms with Gasteiger partial charge in [-0.1, -0.05) is 18.2 Å². The van der Waals surface area contributed by atoms with E-state index in [0.29, 0.717) is 40.5 Å². The molecule has 3 aromatic carbocycles. The molecule has 0 aliphatic carbocycles. The second-order valence-electron chi connectivity index (χ2n) is 9.54. The fourth-order valence-electron chi connectivity index (χ4n) is 4.65. The maximum Gasteiger partial charge on any atom is 0.295 e. The number of aliphatic hydroxyl groups is 1. The number of Topliss-reactive ketones (excluding diaryl/α,β-unsaturated/α-hetero) is 1. The summed E-state index contributed by atoms with van der Waals surface area (Å²) in [6.07, 6.45) is -0.0328. The largest absolute Gasteiger partial charge is 0.507 e. The van der Waals surface area contributed by atoms with Crippen molar-refractivity contribution < 1.29 is 33.3 Å². The molecule has 1 aliphatic heterocycles. The van der Waals surface area contributed by atoms with Gasteiger partial charge in [0.25, 0.3) is 11.7 Å². The number of benzene rings is 3. The lowest BCUT2D eigenvalue weighted by atomic mass is 9.94. The summed E-state index contributed by atoms with van der Waals surface area (Å²) in [5, 5.41) is 11.5. The third kappa shape index (κ3) is 5.74. The molecule has 0 aromatic heterocycles. The average Bonchev–Trinajstić information content (AvgIpc) is 3.15. The van der Waals surface area contributed by atoms with Gasteiger partial charge in [0.15, 0.2) is 11.5 Å². The van der Waals surface area contributed by atoms with E-state index in [-0.39, 0.29) is 24.0 Å².